The van der Waals surface area contributed by atoms with Crippen molar-refractivity contribution in [3.05, 3.63) is 0 Å². The second-order valence-corrected chi connectivity index (χ2v) is 6.73. The Morgan fingerprint density at radius 2 is 1.90 bits per heavy atom. The maximum Gasteiger partial charge on any atom is 0.191 e. The second kappa shape index (κ2) is 9.29. The van der Waals surface area contributed by atoms with E-state index in [0.717, 1.165) is 50.5 Å². The van der Waals surface area contributed by atoms with Gasteiger partial charge in [-0.3, -0.25) is 4.99 Å². The molecule has 4 heteroatoms. The number of rotatable bonds is 8. The number of guanidine groups is 1. The summed E-state index contributed by atoms with van der Waals surface area (Å²) in [7, 11) is 0. The molecule has 0 aromatic heterocycles. The Labute approximate surface area is 130 Å². The van der Waals surface area contributed by atoms with E-state index in [1.807, 2.05) is 0 Å². The van der Waals surface area contributed by atoms with Crippen LogP contribution in [0.2, 0.25) is 0 Å². The lowest BCUT2D eigenvalue weighted by Crippen LogP contribution is -2.44. The van der Waals surface area contributed by atoms with Crippen LogP contribution in [-0.4, -0.2) is 38.3 Å². The zero-order valence-electron chi connectivity index (χ0n) is 13.9. The highest BCUT2D eigenvalue weighted by Gasteiger charge is 2.21. The van der Waals surface area contributed by atoms with Gasteiger partial charge in [0.15, 0.2) is 5.96 Å². The van der Waals surface area contributed by atoms with E-state index in [2.05, 4.69) is 29.5 Å². The lowest BCUT2D eigenvalue weighted by Gasteiger charge is -2.28. The van der Waals surface area contributed by atoms with Crippen LogP contribution >= 0.6 is 0 Å². The van der Waals surface area contributed by atoms with Crippen LogP contribution in [0, 0.1) is 11.8 Å². The molecule has 2 fully saturated rings. The maximum atomic E-state index is 5.65. The molecule has 0 amide bonds. The van der Waals surface area contributed by atoms with Crippen LogP contribution in [0.1, 0.15) is 58.8 Å². The summed E-state index contributed by atoms with van der Waals surface area (Å²) < 4.78 is 5.65. The Bertz CT molecular complexity index is 307. The van der Waals surface area contributed by atoms with Crippen molar-refractivity contribution in [2.24, 2.45) is 16.8 Å². The molecule has 0 spiro atoms. The third-order valence-corrected chi connectivity index (χ3v) is 4.47. The average molecular weight is 295 g/mol. The largest absolute Gasteiger partial charge is 0.381 e. The summed E-state index contributed by atoms with van der Waals surface area (Å²) in [6.45, 7) is 8.06. The van der Waals surface area contributed by atoms with Gasteiger partial charge in [-0.2, -0.15) is 0 Å². The van der Waals surface area contributed by atoms with E-state index in [1.54, 1.807) is 0 Å². The van der Waals surface area contributed by atoms with Crippen molar-refractivity contribution in [1.82, 2.24) is 10.6 Å². The Morgan fingerprint density at radius 3 is 2.57 bits per heavy atom. The van der Waals surface area contributed by atoms with Crippen LogP contribution in [0.4, 0.5) is 0 Å². The smallest absolute Gasteiger partial charge is 0.191 e. The van der Waals surface area contributed by atoms with E-state index in [0.29, 0.717) is 6.04 Å². The molecule has 0 radical (unpaired) electrons. The first-order chi connectivity index (χ1) is 10.3. The highest BCUT2D eigenvalue weighted by Crippen LogP contribution is 2.28. The van der Waals surface area contributed by atoms with Gasteiger partial charge >= 0.3 is 0 Å². The molecular weight excluding hydrogens is 262 g/mol. The molecule has 0 aromatic rings. The van der Waals surface area contributed by atoms with Crippen LogP contribution in [0.15, 0.2) is 4.99 Å². The number of hydrogen-bond acceptors (Lipinski definition) is 2. The van der Waals surface area contributed by atoms with E-state index in [9.17, 15) is 0 Å². The molecule has 0 saturated heterocycles. The van der Waals surface area contributed by atoms with Gasteiger partial charge in [0.25, 0.3) is 0 Å². The molecule has 2 saturated carbocycles. The van der Waals surface area contributed by atoms with Crippen LogP contribution < -0.4 is 10.6 Å². The fourth-order valence-corrected chi connectivity index (χ4v) is 2.81. The molecule has 0 bridgehead atoms. The molecule has 0 unspecified atom stereocenters. The van der Waals surface area contributed by atoms with Crippen molar-refractivity contribution in [2.45, 2.75) is 64.8 Å². The van der Waals surface area contributed by atoms with Crippen molar-refractivity contribution in [1.29, 1.82) is 0 Å². The zero-order valence-corrected chi connectivity index (χ0v) is 13.9. The highest BCUT2D eigenvalue weighted by atomic mass is 16.5. The van der Waals surface area contributed by atoms with Crippen molar-refractivity contribution in [2.75, 3.05) is 26.3 Å². The summed E-state index contributed by atoms with van der Waals surface area (Å²) in [5, 5.41) is 6.95. The normalized spacial score (nSPS) is 26.7. The molecule has 2 rings (SSSR count). The minimum Gasteiger partial charge on any atom is -0.381 e. The summed E-state index contributed by atoms with van der Waals surface area (Å²) in [4.78, 5) is 4.67. The summed E-state index contributed by atoms with van der Waals surface area (Å²) in [5.74, 6) is 2.74. The predicted molar refractivity (Wildman–Crippen MR) is 88.7 cm³/mol. The molecule has 0 aromatic carbocycles. The molecular formula is C17H33N3O. The number of aliphatic imine (C=N–C) groups is 1. The standard InChI is InChI=1S/C17H33N3O/c1-3-18-17(20-16-9-5-14(2)6-10-16)19-11-4-12-21-13-15-7-8-15/h14-16H,3-13H2,1-2H3,(H2,18,19,20). The minimum atomic E-state index is 0.602. The van der Waals surface area contributed by atoms with E-state index in [1.165, 1.54) is 38.5 Å². The van der Waals surface area contributed by atoms with Gasteiger partial charge < -0.3 is 15.4 Å². The van der Waals surface area contributed by atoms with Gasteiger partial charge in [-0.25, -0.2) is 0 Å². The van der Waals surface area contributed by atoms with Gasteiger partial charge in [0.05, 0.1) is 0 Å². The van der Waals surface area contributed by atoms with Crippen LogP contribution in [0.3, 0.4) is 0 Å². The number of nitrogens with zero attached hydrogens (tertiary/aromatic N) is 1. The van der Waals surface area contributed by atoms with Gasteiger partial charge in [0, 0.05) is 32.3 Å². The monoisotopic (exact) mass is 295 g/mol. The molecule has 2 N–H and O–H groups in total. The first kappa shape index (κ1) is 16.6. The molecule has 122 valence electrons. The number of ether oxygens (including phenoxy) is 1. The van der Waals surface area contributed by atoms with E-state index in [-0.39, 0.29) is 0 Å². The predicted octanol–water partition coefficient (Wildman–Crippen LogP) is 2.94. The molecule has 0 aliphatic heterocycles. The number of hydrogen-bond donors (Lipinski definition) is 2. The van der Waals surface area contributed by atoms with Gasteiger partial charge in [-0.15, -0.1) is 0 Å². The minimum absolute atomic E-state index is 0.602. The average Bonchev–Trinajstić information content (AvgIpc) is 3.29. The lowest BCUT2D eigenvalue weighted by atomic mass is 9.87. The summed E-state index contributed by atoms with van der Waals surface area (Å²) >= 11 is 0. The zero-order chi connectivity index (χ0) is 14.9. The quantitative estimate of drug-likeness (QED) is 0.411. The van der Waals surface area contributed by atoms with E-state index < -0.39 is 0 Å². The fraction of sp³-hybridized carbons (Fsp3) is 0.941. The molecule has 21 heavy (non-hydrogen) atoms. The van der Waals surface area contributed by atoms with Gasteiger partial charge in [0.2, 0.25) is 0 Å². The Hall–Kier alpha value is -0.770. The first-order valence-corrected chi connectivity index (χ1v) is 8.90. The van der Waals surface area contributed by atoms with Crippen molar-refractivity contribution < 1.29 is 4.74 Å². The Balaban J connectivity index is 1.60. The Kier molecular flexibility index (Phi) is 7.34. The summed E-state index contributed by atoms with van der Waals surface area (Å²) in [6, 6.07) is 0.602. The molecule has 2 aliphatic carbocycles. The SMILES string of the molecule is CCNC(=NCCCOCC1CC1)NC1CCC(C)CC1. The molecule has 0 atom stereocenters. The maximum absolute atomic E-state index is 5.65. The summed E-state index contributed by atoms with van der Waals surface area (Å²) in [6.07, 6.45) is 8.98. The third kappa shape index (κ3) is 7.16. The van der Waals surface area contributed by atoms with Gasteiger partial charge in [-0.1, -0.05) is 6.92 Å². The third-order valence-electron chi connectivity index (χ3n) is 4.47. The second-order valence-electron chi connectivity index (χ2n) is 6.73. The van der Waals surface area contributed by atoms with Crippen molar-refractivity contribution in [3.63, 3.8) is 0 Å². The van der Waals surface area contributed by atoms with Crippen molar-refractivity contribution in [3.8, 4) is 0 Å². The van der Waals surface area contributed by atoms with Gasteiger partial charge in [0.1, 0.15) is 0 Å². The van der Waals surface area contributed by atoms with Gasteiger partial charge in [-0.05, 0) is 63.7 Å². The molecule has 4 nitrogen and oxygen atoms in total. The van der Waals surface area contributed by atoms with E-state index in [4.69, 9.17) is 4.74 Å². The van der Waals surface area contributed by atoms with Crippen LogP contribution in [0.25, 0.3) is 0 Å². The Morgan fingerprint density at radius 1 is 1.14 bits per heavy atom. The lowest BCUT2D eigenvalue weighted by molar-refractivity contribution is 0.123. The first-order valence-electron chi connectivity index (χ1n) is 8.90. The van der Waals surface area contributed by atoms with Crippen molar-refractivity contribution >= 4 is 5.96 Å². The van der Waals surface area contributed by atoms with Crippen LogP contribution in [-0.2, 0) is 4.74 Å². The topological polar surface area (TPSA) is 45.7 Å². The van der Waals surface area contributed by atoms with E-state index >= 15 is 0 Å². The highest BCUT2D eigenvalue weighted by molar-refractivity contribution is 5.80. The molecule has 0 heterocycles. The van der Waals surface area contributed by atoms with Crippen LogP contribution in [0.5, 0.6) is 0 Å². The number of nitrogens with one attached hydrogen (secondary N) is 2. The summed E-state index contributed by atoms with van der Waals surface area (Å²) in [5.41, 5.74) is 0. The molecule has 2 aliphatic rings. The fourth-order valence-electron chi connectivity index (χ4n) is 2.81.